The summed E-state index contributed by atoms with van der Waals surface area (Å²) in [6.07, 6.45) is 0.0144. The topological polar surface area (TPSA) is 49.9 Å². The lowest BCUT2D eigenvalue weighted by Crippen LogP contribution is -2.37. The number of hydroxylamine groups is 1. The number of imide groups is 1. The zero-order valence-corrected chi connectivity index (χ0v) is 17.7. The first kappa shape index (κ1) is 19.8. The number of aryl methyl sites for hydroxylation is 1. The number of para-hydroxylation sites is 1. The van der Waals surface area contributed by atoms with Gasteiger partial charge >= 0.3 is 0 Å². The highest BCUT2D eigenvalue weighted by Crippen LogP contribution is 2.47. The second-order valence-electron chi connectivity index (χ2n) is 7.74. The van der Waals surface area contributed by atoms with Crippen LogP contribution in [0.4, 0.5) is 11.4 Å². The first-order valence-electron chi connectivity index (χ1n) is 10.3. The molecule has 2 aliphatic rings. The highest BCUT2D eigenvalue weighted by molar-refractivity contribution is 6.30. The molecular formula is C25H21ClN2O3. The van der Waals surface area contributed by atoms with E-state index in [0.717, 1.165) is 23.2 Å². The van der Waals surface area contributed by atoms with Gasteiger partial charge in [0.25, 0.3) is 5.91 Å². The van der Waals surface area contributed by atoms with Crippen LogP contribution in [0.3, 0.4) is 0 Å². The second kappa shape index (κ2) is 7.84. The van der Waals surface area contributed by atoms with Crippen molar-refractivity contribution in [1.82, 2.24) is 0 Å². The summed E-state index contributed by atoms with van der Waals surface area (Å²) < 4.78 is 0. The summed E-state index contributed by atoms with van der Waals surface area (Å²) in [5.74, 6) is -1.24. The number of carbonyl (C=O) groups is 2. The number of amides is 2. The van der Waals surface area contributed by atoms with Gasteiger partial charge in [0.2, 0.25) is 5.91 Å². The minimum absolute atomic E-state index is 0.252. The van der Waals surface area contributed by atoms with Crippen LogP contribution in [0.2, 0.25) is 5.02 Å². The molecule has 2 saturated heterocycles. The summed E-state index contributed by atoms with van der Waals surface area (Å²) in [4.78, 5) is 34.2. The quantitative estimate of drug-likeness (QED) is 0.547. The van der Waals surface area contributed by atoms with Gasteiger partial charge in [0.1, 0.15) is 5.92 Å². The number of anilines is 2. The molecule has 3 atom stereocenters. The van der Waals surface area contributed by atoms with Crippen molar-refractivity contribution >= 4 is 34.8 Å². The lowest BCUT2D eigenvalue weighted by molar-refractivity contribution is -0.126. The van der Waals surface area contributed by atoms with Gasteiger partial charge < -0.3 is 0 Å². The molecule has 6 heteroatoms. The molecule has 31 heavy (non-hydrogen) atoms. The summed E-state index contributed by atoms with van der Waals surface area (Å²) >= 11 is 6.09. The molecule has 5 rings (SSSR count). The smallest absolute Gasteiger partial charge is 0.266 e. The van der Waals surface area contributed by atoms with Gasteiger partial charge in [0, 0.05) is 5.02 Å². The van der Waals surface area contributed by atoms with Crippen molar-refractivity contribution in [2.75, 3.05) is 9.96 Å². The van der Waals surface area contributed by atoms with E-state index in [-0.39, 0.29) is 11.8 Å². The van der Waals surface area contributed by atoms with Crippen molar-refractivity contribution in [3.8, 4) is 0 Å². The molecule has 2 heterocycles. The number of carbonyl (C=O) groups excluding carboxylic acids is 2. The van der Waals surface area contributed by atoms with Crippen LogP contribution in [0.15, 0.2) is 78.9 Å². The van der Waals surface area contributed by atoms with Gasteiger partial charge in [0.15, 0.2) is 6.10 Å². The first-order chi connectivity index (χ1) is 15.1. The molecule has 0 saturated carbocycles. The van der Waals surface area contributed by atoms with Gasteiger partial charge in [-0.15, -0.1) is 0 Å². The maximum atomic E-state index is 13.6. The molecule has 2 aliphatic heterocycles. The molecule has 156 valence electrons. The lowest BCUT2D eigenvalue weighted by Gasteiger charge is -2.28. The van der Waals surface area contributed by atoms with Crippen molar-refractivity contribution in [3.05, 3.63) is 95.0 Å². The van der Waals surface area contributed by atoms with E-state index in [4.69, 9.17) is 16.4 Å². The minimum atomic E-state index is -0.876. The highest BCUT2D eigenvalue weighted by Gasteiger charge is 2.60. The zero-order chi connectivity index (χ0) is 21.5. The van der Waals surface area contributed by atoms with E-state index in [1.807, 2.05) is 66.7 Å². The van der Waals surface area contributed by atoms with Gasteiger partial charge in [0.05, 0.1) is 17.4 Å². The molecule has 0 aliphatic carbocycles. The SMILES string of the molecule is CCc1ccc(N2C(=O)C3ON(c4ccccc4)C(c4ccc(Cl)cc4)C3C2=O)cc1. The highest BCUT2D eigenvalue weighted by atomic mass is 35.5. The largest absolute Gasteiger partial charge is 0.273 e. The van der Waals surface area contributed by atoms with Gasteiger partial charge in [-0.25, -0.2) is 9.96 Å². The number of hydrogen-bond donors (Lipinski definition) is 0. The van der Waals surface area contributed by atoms with E-state index in [9.17, 15) is 9.59 Å². The summed E-state index contributed by atoms with van der Waals surface area (Å²) in [7, 11) is 0. The number of nitrogens with zero attached hydrogens (tertiary/aromatic N) is 2. The Bertz CT molecular complexity index is 1120. The van der Waals surface area contributed by atoms with Crippen LogP contribution < -0.4 is 9.96 Å². The number of rotatable bonds is 4. The van der Waals surface area contributed by atoms with Crippen LogP contribution in [-0.4, -0.2) is 17.9 Å². The maximum absolute atomic E-state index is 13.6. The normalized spacial score (nSPS) is 22.8. The van der Waals surface area contributed by atoms with E-state index in [2.05, 4.69) is 6.92 Å². The summed E-state index contributed by atoms with van der Waals surface area (Å²) in [6, 6.07) is 23.9. The summed E-state index contributed by atoms with van der Waals surface area (Å²) in [5.41, 5.74) is 3.38. The molecule has 3 aromatic carbocycles. The third kappa shape index (κ3) is 3.30. The van der Waals surface area contributed by atoms with Gasteiger partial charge in [-0.2, -0.15) is 0 Å². The first-order valence-corrected chi connectivity index (χ1v) is 10.7. The molecule has 0 aromatic heterocycles. The van der Waals surface area contributed by atoms with Crippen LogP contribution in [-0.2, 0) is 20.8 Å². The molecule has 0 bridgehead atoms. The fourth-order valence-corrected chi connectivity index (χ4v) is 4.47. The fraction of sp³-hybridized carbons (Fsp3) is 0.200. The fourth-order valence-electron chi connectivity index (χ4n) is 4.35. The Labute approximate surface area is 185 Å². The van der Waals surface area contributed by atoms with Crippen molar-refractivity contribution in [2.24, 2.45) is 5.92 Å². The van der Waals surface area contributed by atoms with Crippen LogP contribution >= 0.6 is 11.6 Å². The predicted octanol–water partition coefficient (Wildman–Crippen LogP) is 4.95. The Morgan fingerprint density at radius 3 is 2.16 bits per heavy atom. The number of halogens is 1. The Morgan fingerprint density at radius 2 is 1.52 bits per heavy atom. The van der Waals surface area contributed by atoms with E-state index >= 15 is 0 Å². The van der Waals surface area contributed by atoms with Crippen molar-refractivity contribution in [2.45, 2.75) is 25.5 Å². The monoisotopic (exact) mass is 432 g/mol. The summed E-state index contributed by atoms with van der Waals surface area (Å²) in [6.45, 7) is 2.06. The number of hydrogen-bond acceptors (Lipinski definition) is 4. The maximum Gasteiger partial charge on any atom is 0.266 e. The van der Waals surface area contributed by atoms with Crippen LogP contribution in [0, 0.1) is 5.92 Å². The summed E-state index contributed by atoms with van der Waals surface area (Å²) in [5, 5.41) is 2.29. The van der Waals surface area contributed by atoms with Gasteiger partial charge in [-0.1, -0.05) is 61.0 Å². The molecule has 3 unspecified atom stereocenters. The average Bonchev–Trinajstić information content (AvgIpc) is 3.31. The third-order valence-corrected chi connectivity index (χ3v) is 6.19. The van der Waals surface area contributed by atoms with Crippen LogP contribution in [0.1, 0.15) is 24.1 Å². The lowest BCUT2D eigenvalue weighted by atomic mass is 9.90. The predicted molar refractivity (Wildman–Crippen MR) is 120 cm³/mol. The number of fused-ring (bicyclic) bond motifs is 1. The Hall–Kier alpha value is -3.15. The Balaban J connectivity index is 1.56. The number of benzene rings is 3. The molecule has 0 spiro atoms. The molecule has 0 N–H and O–H groups in total. The average molecular weight is 433 g/mol. The Morgan fingerprint density at radius 1 is 0.839 bits per heavy atom. The molecule has 0 radical (unpaired) electrons. The van der Waals surface area contributed by atoms with Gasteiger partial charge in [-0.3, -0.25) is 14.4 Å². The molecule has 2 amide bonds. The zero-order valence-electron chi connectivity index (χ0n) is 16.9. The van der Waals surface area contributed by atoms with E-state index in [1.165, 1.54) is 4.90 Å². The van der Waals surface area contributed by atoms with Gasteiger partial charge in [-0.05, 0) is 53.9 Å². The van der Waals surface area contributed by atoms with E-state index in [1.54, 1.807) is 17.2 Å². The van der Waals surface area contributed by atoms with Crippen LogP contribution in [0.25, 0.3) is 0 Å². The van der Waals surface area contributed by atoms with Crippen molar-refractivity contribution in [3.63, 3.8) is 0 Å². The Kier molecular flexibility index (Phi) is 5.00. The third-order valence-electron chi connectivity index (χ3n) is 5.94. The molecule has 5 nitrogen and oxygen atoms in total. The molecule has 2 fully saturated rings. The van der Waals surface area contributed by atoms with E-state index < -0.39 is 18.1 Å². The van der Waals surface area contributed by atoms with Crippen molar-refractivity contribution in [1.29, 1.82) is 0 Å². The molecular weight excluding hydrogens is 412 g/mol. The second-order valence-corrected chi connectivity index (χ2v) is 8.18. The standard InChI is InChI=1S/C25H21ClN2O3/c1-2-16-8-14-19(15-9-16)27-24(29)21-22(17-10-12-18(26)13-11-17)28(31-23(21)25(27)30)20-6-4-3-5-7-20/h3-15,21-23H,2H2,1H3. The van der Waals surface area contributed by atoms with E-state index in [0.29, 0.717) is 10.7 Å². The molecule has 3 aromatic rings. The van der Waals surface area contributed by atoms with Crippen LogP contribution in [0.5, 0.6) is 0 Å². The minimum Gasteiger partial charge on any atom is -0.273 e. The van der Waals surface area contributed by atoms with Crippen molar-refractivity contribution < 1.29 is 14.4 Å².